The smallest absolute Gasteiger partial charge is 0.313 e. The van der Waals surface area contributed by atoms with E-state index in [0.717, 1.165) is 85.4 Å². The van der Waals surface area contributed by atoms with Gasteiger partial charge in [-0.25, -0.2) is 0 Å². The molecule has 5 aliphatic rings. The van der Waals surface area contributed by atoms with Crippen molar-refractivity contribution < 1.29 is 19.1 Å². The van der Waals surface area contributed by atoms with Gasteiger partial charge in [-0.1, -0.05) is 121 Å². The molecule has 3 aromatic rings. The average Bonchev–Trinajstić information content (AvgIpc) is 3.17. The summed E-state index contributed by atoms with van der Waals surface area (Å²) >= 11 is 0. The van der Waals surface area contributed by atoms with Gasteiger partial charge in [-0.2, -0.15) is 0 Å². The molecule has 1 amide bonds. The van der Waals surface area contributed by atoms with Crippen LogP contribution >= 0.6 is 0 Å². The molecule has 1 N–H and O–H groups in total. The van der Waals surface area contributed by atoms with Crippen LogP contribution in [0.5, 0.6) is 5.75 Å². The van der Waals surface area contributed by atoms with E-state index >= 15 is 0 Å². The topological polar surface area (TPSA) is 64.6 Å². The molecule has 56 heavy (non-hydrogen) atoms. The van der Waals surface area contributed by atoms with Crippen molar-refractivity contribution in [3.8, 4) is 5.75 Å². The van der Waals surface area contributed by atoms with Gasteiger partial charge in [0, 0.05) is 11.6 Å². The summed E-state index contributed by atoms with van der Waals surface area (Å²) in [7, 11) is 1.68. The number of fused-ring (bicyclic) bond motifs is 8. The first-order valence-corrected chi connectivity index (χ1v) is 21.5. The number of nitrogens with one attached hydrogen (secondary N) is 1. The number of esters is 1. The highest BCUT2D eigenvalue weighted by atomic mass is 16.5. The fraction of sp³-hybridized carbons (Fsp3) is 0.569. The van der Waals surface area contributed by atoms with E-state index in [-0.39, 0.29) is 50.9 Å². The summed E-state index contributed by atoms with van der Waals surface area (Å²) in [6.07, 6.45) is 13.0. The summed E-state index contributed by atoms with van der Waals surface area (Å²) in [6.45, 7) is 22.1. The van der Waals surface area contributed by atoms with Crippen LogP contribution in [0.25, 0.3) is 16.3 Å². The van der Waals surface area contributed by atoms with Crippen molar-refractivity contribution in [2.24, 2.45) is 50.2 Å². The van der Waals surface area contributed by atoms with Crippen molar-refractivity contribution in [1.82, 2.24) is 5.32 Å². The van der Waals surface area contributed by atoms with Gasteiger partial charge in [0.05, 0.1) is 12.5 Å². The minimum atomic E-state index is -0.443. The van der Waals surface area contributed by atoms with Crippen molar-refractivity contribution >= 4 is 28.2 Å². The Labute approximate surface area is 336 Å². The maximum absolute atomic E-state index is 14.4. The molecule has 5 nitrogen and oxygen atoms in total. The monoisotopic (exact) mass is 755 g/mol. The number of carbonyl (C=O) groups is 2. The Hall–Kier alpha value is -3.86. The highest BCUT2D eigenvalue weighted by molar-refractivity contribution is 6.22. The highest BCUT2D eigenvalue weighted by Gasteiger charge is 2.69. The fourth-order valence-corrected chi connectivity index (χ4v) is 13.8. The average molecular weight is 756 g/mol. The maximum Gasteiger partial charge on any atom is 0.313 e. The maximum atomic E-state index is 14.4. The first-order chi connectivity index (χ1) is 26.5. The van der Waals surface area contributed by atoms with Gasteiger partial charge in [0.1, 0.15) is 12.4 Å². The Morgan fingerprint density at radius 1 is 0.821 bits per heavy atom. The van der Waals surface area contributed by atoms with Gasteiger partial charge < -0.3 is 14.8 Å². The quantitative estimate of drug-likeness (QED) is 0.148. The standard InChI is InChI=1S/C51H65NO4/c1-33(37-17-13-16-35-30-36(55-9)18-19-38(35)37)44(53)52-43-23-24-48(6)41(47(43,4)5)22-25-50(8)42(48)21-20-39-40-31-46(2,3)26-28-51(40,29-27-49(39,50)7)45(54)56-32-34-14-11-10-12-15-34/h10-20,30,40-43H,1,21-29,31-32H2,2-9H3,(H,52,53)/t40?,41?,42?,43-,48+,49-,50-,51+/m1/s1. The van der Waals surface area contributed by atoms with Crippen LogP contribution in [0.1, 0.15) is 124 Å². The summed E-state index contributed by atoms with van der Waals surface area (Å²) in [5, 5.41) is 5.58. The zero-order valence-electron chi connectivity index (χ0n) is 35.4. The van der Waals surface area contributed by atoms with Crippen LogP contribution in [0.4, 0.5) is 0 Å². The van der Waals surface area contributed by atoms with Crippen LogP contribution in [0.3, 0.4) is 0 Å². The molecule has 0 aromatic heterocycles. The number of hydrogen-bond donors (Lipinski definition) is 1. The van der Waals surface area contributed by atoms with Crippen molar-refractivity contribution in [3.63, 3.8) is 0 Å². The second-order valence-electron chi connectivity index (χ2n) is 20.7. The molecule has 8 rings (SSSR count). The number of ether oxygens (including phenoxy) is 2. The number of hydrogen-bond acceptors (Lipinski definition) is 4. The fourth-order valence-electron chi connectivity index (χ4n) is 13.8. The van der Waals surface area contributed by atoms with E-state index in [0.29, 0.717) is 24.0 Å². The van der Waals surface area contributed by atoms with Crippen molar-refractivity contribution in [2.75, 3.05) is 7.11 Å². The van der Waals surface area contributed by atoms with Crippen molar-refractivity contribution in [1.29, 1.82) is 0 Å². The summed E-state index contributed by atoms with van der Waals surface area (Å²) in [5.74, 6) is 1.99. The van der Waals surface area contributed by atoms with Gasteiger partial charge in [0.2, 0.25) is 0 Å². The van der Waals surface area contributed by atoms with Gasteiger partial charge in [-0.15, -0.1) is 0 Å². The molecule has 4 fully saturated rings. The Kier molecular flexibility index (Phi) is 9.49. The predicted molar refractivity (Wildman–Crippen MR) is 227 cm³/mol. The zero-order chi connectivity index (χ0) is 39.9. The summed E-state index contributed by atoms with van der Waals surface area (Å²) in [6, 6.07) is 22.3. The molecule has 0 heterocycles. The third-order valence-corrected chi connectivity index (χ3v) is 17.3. The van der Waals surface area contributed by atoms with E-state index in [1.165, 1.54) is 6.42 Å². The molecule has 0 spiro atoms. The lowest BCUT2D eigenvalue weighted by Gasteiger charge is -2.71. The van der Waals surface area contributed by atoms with Crippen LogP contribution in [0.15, 0.2) is 85.0 Å². The van der Waals surface area contributed by atoms with E-state index in [1.807, 2.05) is 48.5 Å². The SMILES string of the molecule is C=C(C(=O)N[C@@H]1CC[C@@]2(C)C(CC[C@]3(C)C2CC=C2C4CC(C)(C)CC[C@]4(C(=O)OCc4ccccc4)CC[C@]23C)C1(C)C)c1cccc2cc(OC)ccc12. The summed E-state index contributed by atoms with van der Waals surface area (Å²) < 4.78 is 11.7. The van der Waals surface area contributed by atoms with Gasteiger partial charge in [0.15, 0.2) is 0 Å². The first kappa shape index (κ1) is 39.0. The number of carbonyl (C=O) groups excluding carboxylic acids is 2. The lowest BCUT2D eigenvalue weighted by Crippen LogP contribution is -2.66. The molecule has 8 atom stereocenters. The van der Waals surface area contributed by atoms with Crippen molar-refractivity contribution in [2.45, 2.75) is 125 Å². The van der Waals surface area contributed by atoms with Gasteiger partial charge in [0.25, 0.3) is 5.91 Å². The molecule has 3 unspecified atom stereocenters. The third-order valence-electron chi connectivity index (χ3n) is 17.3. The molecule has 298 valence electrons. The van der Waals surface area contributed by atoms with Gasteiger partial charge in [-0.3, -0.25) is 9.59 Å². The molecule has 0 aliphatic heterocycles. The number of rotatable bonds is 7. The molecule has 4 saturated carbocycles. The van der Waals surface area contributed by atoms with Crippen molar-refractivity contribution in [3.05, 3.63) is 96.1 Å². The lowest BCUT2D eigenvalue weighted by atomic mass is 9.33. The molecule has 0 radical (unpaired) electrons. The van der Waals surface area contributed by atoms with Crippen LogP contribution in [-0.4, -0.2) is 25.0 Å². The molecular formula is C51H65NO4. The lowest BCUT2D eigenvalue weighted by molar-refractivity contribution is -0.194. The number of benzene rings is 3. The Morgan fingerprint density at radius 3 is 2.32 bits per heavy atom. The first-order valence-electron chi connectivity index (χ1n) is 21.5. The molecule has 5 heteroatoms. The number of amides is 1. The van der Waals surface area contributed by atoms with E-state index in [4.69, 9.17) is 9.47 Å². The van der Waals surface area contributed by atoms with Crippen LogP contribution in [0.2, 0.25) is 0 Å². The highest BCUT2D eigenvalue weighted by Crippen LogP contribution is 2.76. The Balaban J connectivity index is 1.04. The minimum absolute atomic E-state index is 0.0261. The largest absolute Gasteiger partial charge is 0.497 e. The van der Waals surface area contributed by atoms with Gasteiger partial charge >= 0.3 is 5.97 Å². The van der Waals surface area contributed by atoms with Gasteiger partial charge in [-0.05, 0) is 143 Å². The Morgan fingerprint density at radius 2 is 1.57 bits per heavy atom. The summed E-state index contributed by atoms with van der Waals surface area (Å²) in [5.41, 5.74) is 3.96. The van der Waals surface area contributed by atoms with E-state index in [2.05, 4.69) is 84.6 Å². The minimum Gasteiger partial charge on any atom is -0.497 e. The molecule has 5 aliphatic carbocycles. The Bertz CT molecular complexity index is 2080. The van der Waals surface area contributed by atoms with Crippen LogP contribution in [-0.2, 0) is 20.9 Å². The second kappa shape index (κ2) is 13.6. The number of allylic oxidation sites excluding steroid dienone is 2. The molecule has 0 bridgehead atoms. The molecular weight excluding hydrogens is 691 g/mol. The molecule has 3 aromatic carbocycles. The summed E-state index contributed by atoms with van der Waals surface area (Å²) in [4.78, 5) is 28.5. The van der Waals surface area contributed by atoms with Crippen LogP contribution < -0.4 is 10.1 Å². The van der Waals surface area contributed by atoms with E-state index in [1.54, 1.807) is 12.7 Å². The molecule has 0 saturated heterocycles. The third kappa shape index (κ3) is 5.91. The van der Waals surface area contributed by atoms with E-state index in [9.17, 15) is 9.59 Å². The van der Waals surface area contributed by atoms with E-state index < -0.39 is 5.41 Å². The normalized spacial score (nSPS) is 35.4. The predicted octanol–water partition coefficient (Wildman–Crippen LogP) is 11.9. The number of methoxy groups -OCH3 is 1. The zero-order valence-corrected chi connectivity index (χ0v) is 35.4. The second-order valence-corrected chi connectivity index (χ2v) is 20.7. The van der Waals surface area contributed by atoms with Crippen LogP contribution in [0, 0.1) is 50.2 Å².